The van der Waals surface area contributed by atoms with Crippen LogP contribution in [0.2, 0.25) is 0 Å². The maximum Gasteiger partial charge on any atom is 0.130 e. The van der Waals surface area contributed by atoms with Gasteiger partial charge in [-0.15, -0.1) is 11.3 Å². The number of hydrogen-bond donors (Lipinski definition) is 1. The first-order chi connectivity index (χ1) is 9.79. The zero-order valence-electron chi connectivity index (χ0n) is 12.8. The first-order valence-electron chi connectivity index (χ1n) is 7.05. The topological polar surface area (TPSA) is 12.0 Å². The first kappa shape index (κ1) is 16.1. The standard InChI is InChI=1S/C17H21F2NS/c1-11(16-13(18)6-5-7-14(16)19)20-10-12-8-9-15(21-12)17(2,3)4/h5-9,11,20H,10H2,1-4H3. The fourth-order valence-corrected chi connectivity index (χ4v) is 3.17. The molecule has 1 nitrogen and oxygen atoms in total. The minimum atomic E-state index is -0.503. The second kappa shape index (κ2) is 6.24. The largest absolute Gasteiger partial charge is 0.305 e. The normalized spacial score (nSPS) is 13.4. The Hall–Kier alpha value is -1.26. The van der Waals surface area contributed by atoms with Gasteiger partial charge < -0.3 is 5.32 Å². The molecule has 1 aromatic carbocycles. The third-order valence-electron chi connectivity index (χ3n) is 3.42. The lowest BCUT2D eigenvalue weighted by molar-refractivity contribution is 0.489. The Morgan fingerprint density at radius 2 is 1.71 bits per heavy atom. The summed E-state index contributed by atoms with van der Waals surface area (Å²) in [5, 5.41) is 3.19. The van der Waals surface area contributed by atoms with Crippen molar-refractivity contribution in [3.05, 3.63) is 57.3 Å². The van der Waals surface area contributed by atoms with Crippen molar-refractivity contribution in [2.75, 3.05) is 0 Å². The van der Waals surface area contributed by atoms with Crippen LogP contribution >= 0.6 is 11.3 Å². The molecule has 2 aromatic rings. The Morgan fingerprint density at radius 3 is 2.24 bits per heavy atom. The van der Waals surface area contributed by atoms with Crippen LogP contribution in [0.5, 0.6) is 0 Å². The van der Waals surface area contributed by atoms with Crippen LogP contribution in [0.25, 0.3) is 0 Å². The summed E-state index contributed by atoms with van der Waals surface area (Å²) < 4.78 is 27.4. The van der Waals surface area contributed by atoms with Crippen LogP contribution in [0, 0.1) is 11.6 Å². The molecule has 2 rings (SSSR count). The minimum Gasteiger partial charge on any atom is -0.305 e. The van der Waals surface area contributed by atoms with Crippen molar-refractivity contribution < 1.29 is 8.78 Å². The van der Waals surface area contributed by atoms with Gasteiger partial charge in [0.15, 0.2) is 0 Å². The van der Waals surface area contributed by atoms with Gasteiger partial charge in [0.2, 0.25) is 0 Å². The molecule has 0 aliphatic rings. The minimum absolute atomic E-state index is 0.102. The second-order valence-electron chi connectivity index (χ2n) is 6.25. The van der Waals surface area contributed by atoms with Gasteiger partial charge in [-0.05, 0) is 36.6 Å². The van der Waals surface area contributed by atoms with E-state index in [-0.39, 0.29) is 17.0 Å². The van der Waals surface area contributed by atoms with Gasteiger partial charge in [-0.3, -0.25) is 0 Å². The van der Waals surface area contributed by atoms with Crippen LogP contribution in [-0.2, 0) is 12.0 Å². The molecule has 4 heteroatoms. The van der Waals surface area contributed by atoms with Crippen molar-refractivity contribution >= 4 is 11.3 Å². The molecule has 0 bridgehead atoms. The second-order valence-corrected chi connectivity index (χ2v) is 7.42. The third kappa shape index (κ3) is 3.89. The smallest absolute Gasteiger partial charge is 0.130 e. The summed E-state index contributed by atoms with van der Waals surface area (Å²) in [5.41, 5.74) is 0.233. The van der Waals surface area contributed by atoms with Gasteiger partial charge in [0.1, 0.15) is 11.6 Å². The average molecular weight is 309 g/mol. The summed E-state index contributed by atoms with van der Waals surface area (Å²) >= 11 is 1.74. The maximum absolute atomic E-state index is 13.7. The molecule has 0 radical (unpaired) electrons. The first-order valence-corrected chi connectivity index (χ1v) is 7.87. The number of nitrogens with one attached hydrogen (secondary N) is 1. The van der Waals surface area contributed by atoms with E-state index in [0.717, 1.165) is 0 Å². The van der Waals surface area contributed by atoms with E-state index in [4.69, 9.17) is 0 Å². The maximum atomic E-state index is 13.7. The van der Waals surface area contributed by atoms with E-state index >= 15 is 0 Å². The molecule has 0 amide bonds. The number of rotatable bonds is 4. The van der Waals surface area contributed by atoms with Crippen LogP contribution in [0.4, 0.5) is 8.78 Å². The van der Waals surface area contributed by atoms with Gasteiger partial charge in [0, 0.05) is 27.9 Å². The predicted molar refractivity (Wildman–Crippen MR) is 84.6 cm³/mol. The van der Waals surface area contributed by atoms with Gasteiger partial charge in [-0.25, -0.2) is 8.78 Å². The van der Waals surface area contributed by atoms with E-state index in [1.165, 1.54) is 28.0 Å². The highest BCUT2D eigenvalue weighted by Crippen LogP contribution is 2.30. The highest BCUT2D eigenvalue weighted by atomic mass is 32.1. The van der Waals surface area contributed by atoms with Crippen LogP contribution in [0.3, 0.4) is 0 Å². The molecular weight excluding hydrogens is 288 g/mol. The Labute approximate surface area is 129 Å². The van der Waals surface area contributed by atoms with Crippen molar-refractivity contribution in [3.8, 4) is 0 Å². The zero-order chi connectivity index (χ0) is 15.6. The van der Waals surface area contributed by atoms with E-state index in [1.54, 1.807) is 18.3 Å². The number of benzene rings is 1. The molecule has 0 aliphatic heterocycles. The van der Waals surface area contributed by atoms with Crippen molar-refractivity contribution in [2.24, 2.45) is 0 Å². The van der Waals surface area contributed by atoms with Crippen LogP contribution in [0.1, 0.15) is 49.1 Å². The predicted octanol–water partition coefficient (Wildman–Crippen LogP) is 5.17. The Kier molecular flexibility index (Phi) is 4.79. The molecule has 1 atom stereocenters. The highest BCUT2D eigenvalue weighted by molar-refractivity contribution is 7.12. The van der Waals surface area contributed by atoms with E-state index in [0.29, 0.717) is 6.54 Å². The number of thiophene rings is 1. The summed E-state index contributed by atoms with van der Waals surface area (Å²) in [7, 11) is 0. The average Bonchev–Trinajstić information content (AvgIpc) is 2.84. The Balaban J connectivity index is 2.05. The molecule has 1 N–H and O–H groups in total. The summed E-state index contributed by atoms with van der Waals surface area (Å²) in [6, 6.07) is 7.79. The number of hydrogen-bond acceptors (Lipinski definition) is 2. The molecule has 21 heavy (non-hydrogen) atoms. The summed E-state index contributed by atoms with van der Waals surface area (Å²) in [5.74, 6) is -1.01. The van der Waals surface area contributed by atoms with Gasteiger partial charge in [-0.2, -0.15) is 0 Å². The molecule has 1 heterocycles. The molecule has 1 aromatic heterocycles. The van der Waals surface area contributed by atoms with Crippen molar-refractivity contribution in [2.45, 2.75) is 45.7 Å². The van der Waals surface area contributed by atoms with Gasteiger partial charge in [0.25, 0.3) is 0 Å². The molecule has 0 fully saturated rings. The molecule has 0 aliphatic carbocycles. The van der Waals surface area contributed by atoms with Crippen LogP contribution in [-0.4, -0.2) is 0 Å². The lowest BCUT2D eigenvalue weighted by Gasteiger charge is -2.16. The van der Waals surface area contributed by atoms with E-state index in [9.17, 15) is 8.78 Å². The molecule has 114 valence electrons. The van der Waals surface area contributed by atoms with Gasteiger partial charge in [-0.1, -0.05) is 26.8 Å². The summed E-state index contributed by atoms with van der Waals surface area (Å²) in [6.07, 6.45) is 0. The third-order valence-corrected chi connectivity index (χ3v) is 4.93. The van der Waals surface area contributed by atoms with Crippen molar-refractivity contribution in [1.82, 2.24) is 5.32 Å². The van der Waals surface area contributed by atoms with Gasteiger partial charge >= 0.3 is 0 Å². The fraction of sp³-hybridized carbons (Fsp3) is 0.412. The van der Waals surface area contributed by atoms with E-state index in [1.807, 2.05) is 0 Å². The fourth-order valence-electron chi connectivity index (χ4n) is 2.16. The molecule has 1 unspecified atom stereocenters. The van der Waals surface area contributed by atoms with Crippen molar-refractivity contribution in [1.29, 1.82) is 0 Å². The number of halogens is 2. The SMILES string of the molecule is CC(NCc1ccc(C(C)(C)C)s1)c1c(F)cccc1F. The lowest BCUT2D eigenvalue weighted by Crippen LogP contribution is -2.19. The Morgan fingerprint density at radius 1 is 1.10 bits per heavy atom. The molecular formula is C17H21F2NS. The lowest BCUT2D eigenvalue weighted by atomic mass is 9.95. The molecule has 0 saturated carbocycles. The molecule has 0 spiro atoms. The van der Waals surface area contributed by atoms with Crippen molar-refractivity contribution in [3.63, 3.8) is 0 Å². The Bertz CT molecular complexity index is 593. The molecule has 0 saturated heterocycles. The van der Waals surface area contributed by atoms with E-state index < -0.39 is 11.6 Å². The quantitative estimate of drug-likeness (QED) is 0.821. The monoisotopic (exact) mass is 309 g/mol. The highest BCUT2D eigenvalue weighted by Gasteiger charge is 2.18. The van der Waals surface area contributed by atoms with Crippen LogP contribution < -0.4 is 5.32 Å². The van der Waals surface area contributed by atoms with E-state index in [2.05, 4.69) is 38.2 Å². The van der Waals surface area contributed by atoms with Crippen LogP contribution in [0.15, 0.2) is 30.3 Å². The summed E-state index contributed by atoms with van der Waals surface area (Å²) in [6.45, 7) is 8.91. The van der Waals surface area contributed by atoms with Gasteiger partial charge in [0.05, 0.1) is 0 Å². The zero-order valence-corrected chi connectivity index (χ0v) is 13.7. The summed E-state index contributed by atoms with van der Waals surface area (Å²) in [4.78, 5) is 2.48.